The van der Waals surface area contributed by atoms with Gasteiger partial charge in [0, 0.05) is 78.1 Å². The van der Waals surface area contributed by atoms with Crippen molar-refractivity contribution in [3.05, 3.63) is 63.6 Å². The van der Waals surface area contributed by atoms with Crippen molar-refractivity contribution >= 4 is 33.1 Å². The van der Waals surface area contributed by atoms with Crippen LogP contribution < -0.4 is 4.74 Å². The monoisotopic (exact) mass is 573 g/mol. The summed E-state index contributed by atoms with van der Waals surface area (Å²) in [6.45, 7) is 8.94. The van der Waals surface area contributed by atoms with E-state index in [4.69, 9.17) is 4.74 Å². The third-order valence-electron chi connectivity index (χ3n) is 5.64. The molecule has 2 aromatic rings. The zero-order valence-corrected chi connectivity index (χ0v) is 22.7. The van der Waals surface area contributed by atoms with Crippen LogP contribution in [0.3, 0.4) is 0 Å². The Bertz CT molecular complexity index is 936. The summed E-state index contributed by atoms with van der Waals surface area (Å²) in [5.41, 5.74) is 2.70. The summed E-state index contributed by atoms with van der Waals surface area (Å²) in [5.74, 6) is 0.775. The van der Waals surface area contributed by atoms with Crippen molar-refractivity contribution in [3.8, 4) is 5.75 Å². The first kappa shape index (κ1) is 28.0. The second-order valence-corrected chi connectivity index (χ2v) is 9.50. The predicted molar refractivity (Wildman–Crippen MR) is 128 cm³/mol. The number of carbonyl (C=O) groups is 1. The van der Waals surface area contributed by atoms with Crippen molar-refractivity contribution in [3.63, 3.8) is 0 Å². The third-order valence-corrected chi connectivity index (χ3v) is 6.92. The second kappa shape index (κ2) is 13.6. The Balaban J connectivity index is 0.00000385. The van der Waals surface area contributed by atoms with E-state index in [-0.39, 0.29) is 24.5 Å². The summed E-state index contributed by atoms with van der Waals surface area (Å²) in [5, 5.41) is 0. The molecule has 1 fully saturated rings. The molecular formula is C23H29BrN3O4SV-. The van der Waals surface area contributed by atoms with Crippen LogP contribution in [0.4, 0.5) is 0 Å². The molecule has 2 aromatic carbocycles. The molecule has 0 N–H and O–H groups in total. The Morgan fingerprint density at radius 3 is 2.30 bits per heavy atom. The zero-order chi connectivity index (χ0) is 23.1. The van der Waals surface area contributed by atoms with Crippen molar-refractivity contribution in [2.24, 2.45) is 0 Å². The summed E-state index contributed by atoms with van der Waals surface area (Å²) in [7, 11) is 0. The summed E-state index contributed by atoms with van der Waals surface area (Å²) >= 11 is 1.32. The van der Waals surface area contributed by atoms with E-state index in [2.05, 4.69) is 40.7 Å². The van der Waals surface area contributed by atoms with E-state index in [1.807, 2.05) is 24.3 Å². The van der Waals surface area contributed by atoms with E-state index < -0.39 is 11.3 Å². The third kappa shape index (κ3) is 7.92. The standard InChI is InChI=1S/C23H30BrN3O4S.V/c1-3-25(4-2)16-20-15-21(24)9-10-22(20)31-17-18-5-7-19(8-6-18)23(28)26-11-13-27(14-12-26)32(29)30;/h5-10,15H,3-4,11-14,16-17H2,1-2H3,(H,29,30);/p-1. The van der Waals surface area contributed by atoms with Gasteiger partial charge >= 0.3 is 0 Å². The van der Waals surface area contributed by atoms with Crippen LogP contribution in [-0.2, 0) is 43.0 Å². The Morgan fingerprint density at radius 1 is 1.09 bits per heavy atom. The molecule has 1 aliphatic rings. The molecule has 1 atom stereocenters. The average molecular weight is 574 g/mol. The SMILES string of the molecule is CCN(CC)Cc1cc(Br)ccc1OCc1ccc(C(=O)N2CCN(S(=O)[O-])CC2)cc1.[V]. The number of rotatable bonds is 9. The van der Waals surface area contributed by atoms with E-state index in [0.29, 0.717) is 38.3 Å². The molecule has 7 nitrogen and oxygen atoms in total. The van der Waals surface area contributed by atoms with E-state index >= 15 is 0 Å². The largest absolute Gasteiger partial charge is 0.760 e. The average Bonchev–Trinajstić information content (AvgIpc) is 2.82. The van der Waals surface area contributed by atoms with Gasteiger partial charge in [0.05, 0.1) is 0 Å². The van der Waals surface area contributed by atoms with Crippen LogP contribution in [0, 0.1) is 0 Å². The van der Waals surface area contributed by atoms with Gasteiger partial charge in [-0.25, -0.2) is 4.31 Å². The van der Waals surface area contributed by atoms with E-state index in [0.717, 1.165) is 41.0 Å². The van der Waals surface area contributed by atoms with Crippen molar-refractivity contribution in [1.82, 2.24) is 14.1 Å². The smallest absolute Gasteiger partial charge is 0.253 e. The van der Waals surface area contributed by atoms with Gasteiger partial charge in [-0.2, -0.15) is 0 Å². The summed E-state index contributed by atoms with van der Waals surface area (Å²) < 4.78 is 30.5. The fraction of sp³-hybridized carbons (Fsp3) is 0.435. The second-order valence-electron chi connectivity index (χ2n) is 7.64. The first-order valence-corrected chi connectivity index (χ1v) is 12.6. The number of nitrogens with zero attached hydrogens (tertiary/aromatic N) is 3. The minimum absolute atomic E-state index is 0. The Hall–Kier alpha value is -1.20. The van der Waals surface area contributed by atoms with E-state index in [9.17, 15) is 13.6 Å². The minimum atomic E-state index is -2.23. The Morgan fingerprint density at radius 2 is 1.73 bits per heavy atom. The molecule has 3 rings (SSSR count). The van der Waals surface area contributed by atoms with Gasteiger partial charge in [-0.15, -0.1) is 0 Å². The summed E-state index contributed by atoms with van der Waals surface area (Å²) in [6.07, 6.45) is 0. The predicted octanol–water partition coefficient (Wildman–Crippen LogP) is 3.42. The van der Waals surface area contributed by atoms with Crippen LogP contribution in [0.1, 0.15) is 35.3 Å². The Labute approximate surface area is 218 Å². The van der Waals surface area contributed by atoms with Gasteiger partial charge in [0.2, 0.25) is 0 Å². The van der Waals surface area contributed by atoms with Crippen molar-refractivity contribution in [2.45, 2.75) is 27.0 Å². The van der Waals surface area contributed by atoms with E-state index in [1.54, 1.807) is 17.0 Å². The van der Waals surface area contributed by atoms with E-state index in [1.165, 1.54) is 4.31 Å². The molecule has 1 heterocycles. The van der Waals surface area contributed by atoms with Gasteiger partial charge < -0.3 is 14.2 Å². The van der Waals surface area contributed by atoms with Gasteiger partial charge in [0.25, 0.3) is 5.91 Å². The van der Waals surface area contributed by atoms with Gasteiger partial charge in [-0.3, -0.25) is 13.9 Å². The number of hydrogen-bond acceptors (Lipinski definition) is 5. The Kier molecular flexibility index (Phi) is 11.6. The fourth-order valence-electron chi connectivity index (χ4n) is 3.63. The van der Waals surface area contributed by atoms with Crippen LogP contribution in [0.25, 0.3) is 0 Å². The molecule has 0 saturated carbocycles. The number of amides is 1. The minimum Gasteiger partial charge on any atom is -0.760 e. The molecule has 1 saturated heterocycles. The van der Waals surface area contributed by atoms with Gasteiger partial charge in [-0.05, 0) is 49.0 Å². The number of ether oxygens (including phenoxy) is 1. The number of hydrogen-bond donors (Lipinski definition) is 0. The van der Waals surface area contributed by atoms with Crippen molar-refractivity contribution in [2.75, 3.05) is 39.3 Å². The van der Waals surface area contributed by atoms with Crippen molar-refractivity contribution < 1.29 is 36.8 Å². The quantitative estimate of drug-likeness (QED) is 0.430. The maximum absolute atomic E-state index is 12.7. The molecular weight excluding hydrogens is 545 g/mol. The molecule has 0 aliphatic carbocycles. The van der Waals surface area contributed by atoms with Crippen LogP contribution in [0.15, 0.2) is 46.9 Å². The van der Waals surface area contributed by atoms with Gasteiger partial charge in [-0.1, -0.05) is 41.9 Å². The fourth-order valence-corrected chi connectivity index (χ4v) is 4.50. The maximum atomic E-state index is 12.7. The molecule has 10 heteroatoms. The number of carbonyl (C=O) groups excluding carboxylic acids is 1. The summed E-state index contributed by atoms with van der Waals surface area (Å²) in [4.78, 5) is 16.7. The maximum Gasteiger partial charge on any atom is 0.253 e. The molecule has 0 bridgehead atoms. The topological polar surface area (TPSA) is 76.2 Å². The number of benzene rings is 2. The molecule has 1 aliphatic heterocycles. The normalized spacial score (nSPS) is 15.2. The van der Waals surface area contributed by atoms with Crippen molar-refractivity contribution in [1.29, 1.82) is 0 Å². The molecule has 179 valence electrons. The molecule has 1 amide bonds. The zero-order valence-electron chi connectivity index (χ0n) is 18.9. The van der Waals surface area contributed by atoms with Crippen LogP contribution in [0.5, 0.6) is 5.75 Å². The van der Waals surface area contributed by atoms with Gasteiger partial charge in [0.1, 0.15) is 12.4 Å². The summed E-state index contributed by atoms with van der Waals surface area (Å²) in [6, 6.07) is 13.5. The number of piperazine rings is 1. The molecule has 0 spiro atoms. The number of halogens is 1. The molecule has 1 unspecified atom stereocenters. The van der Waals surface area contributed by atoms with Gasteiger partial charge in [0.15, 0.2) is 0 Å². The van der Waals surface area contributed by atoms with Crippen LogP contribution >= 0.6 is 15.9 Å². The molecule has 33 heavy (non-hydrogen) atoms. The first-order chi connectivity index (χ1) is 15.4. The molecule has 1 radical (unpaired) electrons. The van der Waals surface area contributed by atoms with Crippen LogP contribution in [-0.4, -0.2) is 68.0 Å². The van der Waals surface area contributed by atoms with Crippen LogP contribution in [0.2, 0.25) is 0 Å². The molecule has 0 aromatic heterocycles. The first-order valence-electron chi connectivity index (χ1n) is 10.8.